The smallest absolute Gasteiger partial charge is 0.260 e. The van der Waals surface area contributed by atoms with Gasteiger partial charge in [0, 0.05) is 0 Å². The second kappa shape index (κ2) is 3.82. The molecule has 1 atom stereocenters. The molecule has 1 heterocycles. The van der Waals surface area contributed by atoms with Gasteiger partial charge in [0.05, 0.1) is 6.07 Å². The van der Waals surface area contributed by atoms with E-state index >= 15 is 0 Å². The van der Waals surface area contributed by atoms with Gasteiger partial charge in [0.25, 0.3) is 15.9 Å². The van der Waals surface area contributed by atoms with E-state index in [-0.39, 0.29) is 0 Å². The van der Waals surface area contributed by atoms with Crippen LogP contribution in [0, 0.1) is 11.3 Å². The molecule has 18 heavy (non-hydrogen) atoms. The molecule has 0 bridgehead atoms. The van der Waals surface area contributed by atoms with Crippen LogP contribution in [0.4, 0.5) is 0 Å². The summed E-state index contributed by atoms with van der Waals surface area (Å²) in [4.78, 5) is 11.9. The lowest BCUT2D eigenvalue weighted by Crippen LogP contribution is -2.67. The molecule has 0 saturated carbocycles. The van der Waals surface area contributed by atoms with Gasteiger partial charge in [0.2, 0.25) is 0 Å². The normalized spacial score (nSPS) is 21.8. The summed E-state index contributed by atoms with van der Waals surface area (Å²) < 4.78 is 23.3. The zero-order chi connectivity index (χ0) is 13.6. The molecule has 0 radical (unpaired) electrons. The van der Waals surface area contributed by atoms with Crippen molar-refractivity contribution in [1.82, 2.24) is 4.31 Å². The highest BCUT2D eigenvalue weighted by molar-refractivity contribution is 7.94. The first-order valence-electron chi connectivity index (χ1n) is 5.37. The SMILES string of the molecule is CC1(C)C(=O)N(C(C#N)c2ccccc2)S1(=O)=O. The van der Waals surface area contributed by atoms with Gasteiger partial charge in [-0.05, 0) is 19.4 Å². The lowest BCUT2D eigenvalue weighted by atomic mass is 10.1. The van der Waals surface area contributed by atoms with Gasteiger partial charge in [0.1, 0.15) is 0 Å². The molecule has 1 fully saturated rings. The third kappa shape index (κ3) is 1.44. The van der Waals surface area contributed by atoms with E-state index in [1.165, 1.54) is 13.8 Å². The quantitative estimate of drug-likeness (QED) is 0.804. The van der Waals surface area contributed by atoms with Crippen LogP contribution in [0.15, 0.2) is 30.3 Å². The molecule has 1 aliphatic rings. The molecule has 1 amide bonds. The molecular weight excluding hydrogens is 252 g/mol. The van der Waals surface area contributed by atoms with Crippen LogP contribution in [0.1, 0.15) is 25.5 Å². The van der Waals surface area contributed by atoms with Gasteiger partial charge in [-0.2, -0.15) is 5.26 Å². The maximum atomic E-state index is 12.0. The van der Waals surface area contributed by atoms with Gasteiger partial charge >= 0.3 is 0 Å². The van der Waals surface area contributed by atoms with Gasteiger partial charge < -0.3 is 0 Å². The molecule has 94 valence electrons. The number of hydrogen-bond acceptors (Lipinski definition) is 4. The minimum atomic E-state index is -3.75. The zero-order valence-electron chi connectivity index (χ0n) is 9.99. The first kappa shape index (κ1) is 12.6. The van der Waals surface area contributed by atoms with Crippen molar-refractivity contribution in [2.45, 2.75) is 24.6 Å². The maximum absolute atomic E-state index is 12.0. The van der Waals surface area contributed by atoms with Gasteiger partial charge in [-0.1, -0.05) is 30.3 Å². The lowest BCUT2D eigenvalue weighted by molar-refractivity contribution is -0.133. The van der Waals surface area contributed by atoms with Gasteiger partial charge in [-0.25, -0.2) is 12.7 Å². The number of nitrogens with zero attached hydrogens (tertiary/aromatic N) is 2. The fourth-order valence-corrected chi connectivity index (χ4v) is 3.42. The predicted molar refractivity (Wildman–Crippen MR) is 64.6 cm³/mol. The average Bonchev–Trinajstić information content (AvgIpc) is 2.35. The number of sulfonamides is 1. The molecule has 1 saturated heterocycles. The molecule has 1 aromatic carbocycles. The van der Waals surface area contributed by atoms with Crippen molar-refractivity contribution in [3.05, 3.63) is 35.9 Å². The highest BCUT2D eigenvalue weighted by atomic mass is 32.2. The van der Waals surface area contributed by atoms with Crippen LogP contribution in [-0.2, 0) is 14.8 Å². The van der Waals surface area contributed by atoms with E-state index < -0.39 is 26.7 Å². The van der Waals surface area contributed by atoms with E-state index in [9.17, 15) is 13.2 Å². The highest BCUT2D eigenvalue weighted by Crippen LogP contribution is 2.41. The van der Waals surface area contributed by atoms with Crippen molar-refractivity contribution in [3.63, 3.8) is 0 Å². The molecule has 1 aliphatic heterocycles. The summed E-state index contributed by atoms with van der Waals surface area (Å²) >= 11 is 0. The average molecular weight is 264 g/mol. The first-order valence-corrected chi connectivity index (χ1v) is 6.81. The molecule has 0 aliphatic carbocycles. The van der Waals surface area contributed by atoms with Crippen LogP contribution in [0.2, 0.25) is 0 Å². The fraction of sp³-hybridized carbons (Fsp3) is 0.333. The van der Waals surface area contributed by atoms with E-state index in [0.717, 1.165) is 0 Å². The topological polar surface area (TPSA) is 78.2 Å². The van der Waals surface area contributed by atoms with Gasteiger partial charge in [-0.15, -0.1) is 0 Å². The van der Waals surface area contributed by atoms with Crippen LogP contribution in [0.3, 0.4) is 0 Å². The number of nitriles is 1. The Morgan fingerprint density at radius 2 is 1.83 bits per heavy atom. The van der Waals surface area contributed by atoms with E-state index in [0.29, 0.717) is 9.87 Å². The van der Waals surface area contributed by atoms with E-state index in [1.54, 1.807) is 30.3 Å². The van der Waals surface area contributed by atoms with E-state index in [1.807, 2.05) is 6.07 Å². The molecular formula is C12H12N2O3S. The van der Waals surface area contributed by atoms with Crippen molar-refractivity contribution in [1.29, 1.82) is 5.26 Å². The van der Waals surface area contributed by atoms with E-state index in [4.69, 9.17) is 5.26 Å². The summed E-state index contributed by atoms with van der Waals surface area (Å²) in [6.45, 7) is 2.70. The largest absolute Gasteiger partial charge is 0.272 e. The number of amides is 1. The Morgan fingerprint density at radius 3 is 2.28 bits per heavy atom. The van der Waals surface area contributed by atoms with Gasteiger partial charge in [0.15, 0.2) is 10.8 Å². The van der Waals surface area contributed by atoms with Crippen molar-refractivity contribution in [2.75, 3.05) is 0 Å². The highest BCUT2D eigenvalue weighted by Gasteiger charge is 2.62. The van der Waals surface area contributed by atoms with Crippen LogP contribution >= 0.6 is 0 Å². The Labute approximate surface area is 106 Å². The van der Waals surface area contributed by atoms with Crippen molar-refractivity contribution >= 4 is 15.9 Å². The third-order valence-electron chi connectivity index (χ3n) is 3.09. The number of hydrogen-bond donors (Lipinski definition) is 0. The van der Waals surface area contributed by atoms with Crippen LogP contribution < -0.4 is 0 Å². The summed E-state index contributed by atoms with van der Waals surface area (Å²) in [7, 11) is -3.75. The molecule has 1 aromatic rings. The maximum Gasteiger partial charge on any atom is 0.260 e. The molecule has 1 unspecified atom stereocenters. The first-order chi connectivity index (χ1) is 8.34. The van der Waals surface area contributed by atoms with Crippen molar-refractivity contribution in [3.8, 4) is 6.07 Å². The Kier molecular flexibility index (Phi) is 2.67. The third-order valence-corrected chi connectivity index (χ3v) is 5.45. The Hall–Kier alpha value is -1.87. The second-order valence-electron chi connectivity index (χ2n) is 4.56. The van der Waals surface area contributed by atoms with E-state index in [2.05, 4.69) is 0 Å². The molecule has 0 aromatic heterocycles. The zero-order valence-corrected chi connectivity index (χ0v) is 10.8. The van der Waals surface area contributed by atoms with Crippen LogP contribution in [-0.4, -0.2) is 23.4 Å². The summed E-state index contributed by atoms with van der Waals surface area (Å²) in [6, 6.07) is 9.19. The summed E-state index contributed by atoms with van der Waals surface area (Å²) in [5.41, 5.74) is 0.493. The molecule has 6 heteroatoms. The Bertz CT molecular complexity index is 629. The number of carbonyl (C=O) groups excluding carboxylic acids is 1. The van der Waals surface area contributed by atoms with Crippen molar-refractivity contribution < 1.29 is 13.2 Å². The molecule has 5 nitrogen and oxygen atoms in total. The number of carbonyl (C=O) groups is 1. The molecule has 0 N–H and O–H groups in total. The van der Waals surface area contributed by atoms with Crippen LogP contribution in [0.5, 0.6) is 0 Å². The molecule has 2 rings (SSSR count). The van der Waals surface area contributed by atoms with Crippen molar-refractivity contribution in [2.24, 2.45) is 0 Å². The summed E-state index contributed by atoms with van der Waals surface area (Å²) in [5, 5.41) is 9.13. The van der Waals surface area contributed by atoms with Crippen LogP contribution in [0.25, 0.3) is 0 Å². The summed E-state index contributed by atoms with van der Waals surface area (Å²) in [6.07, 6.45) is 0. The Balaban J connectivity index is 2.45. The number of rotatable bonds is 2. The summed E-state index contributed by atoms with van der Waals surface area (Å²) in [5.74, 6) is -0.544. The molecule has 0 spiro atoms. The minimum Gasteiger partial charge on any atom is -0.272 e. The van der Waals surface area contributed by atoms with Gasteiger partial charge in [-0.3, -0.25) is 4.79 Å². The monoisotopic (exact) mass is 264 g/mol. The standard InChI is InChI=1S/C12H12N2O3S/c1-12(2)11(15)14(18(12,16)17)10(8-13)9-6-4-3-5-7-9/h3-7,10H,1-2H3. The minimum absolute atomic E-state index is 0.493. The second-order valence-corrected chi connectivity index (χ2v) is 6.92. The number of benzene rings is 1. The fourth-order valence-electron chi connectivity index (χ4n) is 1.85. The Morgan fingerprint density at radius 1 is 1.28 bits per heavy atom. The lowest BCUT2D eigenvalue weighted by Gasteiger charge is -2.44. The predicted octanol–water partition coefficient (Wildman–Crippen LogP) is 1.20.